The van der Waals surface area contributed by atoms with Crippen LogP contribution in [0.5, 0.6) is 0 Å². The van der Waals surface area contributed by atoms with Crippen LogP contribution in [0, 0.1) is 17.0 Å². The quantitative estimate of drug-likeness (QED) is 0.374. The van der Waals surface area contributed by atoms with E-state index in [0.29, 0.717) is 44.8 Å². The number of hydrogen-bond donors (Lipinski definition) is 2. The minimum Gasteiger partial charge on any atom is -0.355 e. The summed E-state index contributed by atoms with van der Waals surface area (Å²) in [7, 11) is 0. The Morgan fingerprint density at radius 2 is 1.71 bits per heavy atom. The van der Waals surface area contributed by atoms with Crippen molar-refractivity contribution in [1.29, 1.82) is 0 Å². The predicted octanol–water partition coefficient (Wildman–Crippen LogP) is 1.38. The topological polar surface area (TPSA) is 108 Å². The van der Waals surface area contributed by atoms with Crippen LogP contribution in [-0.4, -0.2) is 72.4 Å². The summed E-state index contributed by atoms with van der Waals surface area (Å²) in [5.74, 6) is -0.241. The molecule has 0 atom stereocenters. The molecule has 0 bridgehead atoms. The number of hydrogen-bond acceptors (Lipinski definition) is 6. The number of carbonyl (C=O) groups is 2. The number of unbranched alkanes of at least 4 members (excludes halogenated alkanes) is 1. The fraction of sp³-hybridized carbons (Fsp3) is 0.579. The molecule has 154 valence electrons. The van der Waals surface area contributed by atoms with E-state index in [9.17, 15) is 19.7 Å². The summed E-state index contributed by atoms with van der Waals surface area (Å²) in [4.78, 5) is 39.0. The number of piperazine rings is 1. The number of nitrogens with one attached hydrogen (secondary N) is 2. The molecule has 1 aromatic carbocycles. The highest BCUT2D eigenvalue weighted by Crippen LogP contribution is 2.27. The molecule has 9 heteroatoms. The SMILES string of the molecule is CCCCNC(=O)CN1CCN(CC(=O)Nc2c(C)cccc2[N+](=O)[O-])CC1. The van der Waals surface area contributed by atoms with Crippen molar-refractivity contribution in [2.75, 3.05) is 51.1 Å². The van der Waals surface area contributed by atoms with Gasteiger partial charge in [0.25, 0.3) is 5.69 Å². The van der Waals surface area contributed by atoms with E-state index in [1.165, 1.54) is 6.07 Å². The minimum atomic E-state index is -0.493. The molecule has 0 saturated carbocycles. The lowest BCUT2D eigenvalue weighted by atomic mass is 10.1. The van der Waals surface area contributed by atoms with Crippen molar-refractivity contribution in [3.8, 4) is 0 Å². The molecule has 1 aliphatic rings. The maximum atomic E-state index is 12.4. The van der Waals surface area contributed by atoms with Crippen LogP contribution in [0.1, 0.15) is 25.3 Å². The number of anilines is 1. The largest absolute Gasteiger partial charge is 0.355 e. The molecule has 2 amide bonds. The highest BCUT2D eigenvalue weighted by Gasteiger charge is 2.22. The molecule has 9 nitrogen and oxygen atoms in total. The molecule has 1 saturated heterocycles. The van der Waals surface area contributed by atoms with Crippen molar-refractivity contribution in [2.45, 2.75) is 26.7 Å². The summed E-state index contributed by atoms with van der Waals surface area (Å²) in [6, 6.07) is 4.71. The molecule has 0 radical (unpaired) electrons. The Morgan fingerprint density at radius 3 is 2.29 bits per heavy atom. The molecule has 28 heavy (non-hydrogen) atoms. The third kappa shape index (κ3) is 6.58. The van der Waals surface area contributed by atoms with Crippen LogP contribution in [0.3, 0.4) is 0 Å². The molecule has 2 N–H and O–H groups in total. The second-order valence-corrected chi connectivity index (χ2v) is 7.03. The lowest BCUT2D eigenvalue weighted by Crippen LogP contribution is -2.51. The number of nitro benzene ring substituents is 1. The predicted molar refractivity (Wildman–Crippen MR) is 107 cm³/mol. The van der Waals surface area contributed by atoms with Gasteiger partial charge >= 0.3 is 0 Å². The third-order valence-electron chi connectivity index (χ3n) is 4.76. The van der Waals surface area contributed by atoms with Crippen LogP contribution in [-0.2, 0) is 9.59 Å². The van der Waals surface area contributed by atoms with Crippen LogP contribution >= 0.6 is 0 Å². The van der Waals surface area contributed by atoms with Crippen molar-refractivity contribution < 1.29 is 14.5 Å². The first-order chi connectivity index (χ1) is 13.4. The zero-order chi connectivity index (χ0) is 20.5. The number of benzene rings is 1. The van der Waals surface area contributed by atoms with E-state index >= 15 is 0 Å². The number of nitro groups is 1. The van der Waals surface area contributed by atoms with E-state index in [-0.39, 0.29) is 29.7 Å². The highest BCUT2D eigenvalue weighted by molar-refractivity contribution is 5.95. The van der Waals surface area contributed by atoms with Gasteiger partial charge < -0.3 is 10.6 Å². The van der Waals surface area contributed by atoms with Gasteiger partial charge in [-0.2, -0.15) is 0 Å². The van der Waals surface area contributed by atoms with E-state index < -0.39 is 4.92 Å². The number of amides is 2. The summed E-state index contributed by atoms with van der Waals surface area (Å²) in [6.07, 6.45) is 2.03. The van der Waals surface area contributed by atoms with Crippen LogP contribution in [0.25, 0.3) is 0 Å². The maximum absolute atomic E-state index is 12.4. The Kier molecular flexibility index (Phi) is 8.34. The van der Waals surface area contributed by atoms with Crippen molar-refractivity contribution in [3.05, 3.63) is 33.9 Å². The first-order valence-corrected chi connectivity index (χ1v) is 9.66. The molecule has 1 fully saturated rings. The molecule has 0 aliphatic carbocycles. The van der Waals surface area contributed by atoms with Gasteiger partial charge in [0.05, 0.1) is 18.0 Å². The standard InChI is InChI=1S/C19H29N5O4/c1-3-4-8-20-17(25)13-22-9-11-23(12-10-22)14-18(26)21-19-15(2)6-5-7-16(19)24(27)28/h5-7H,3-4,8-14H2,1-2H3,(H,20,25)(H,21,26). The monoisotopic (exact) mass is 391 g/mol. The van der Waals surface area contributed by atoms with Gasteiger partial charge in [0, 0.05) is 38.8 Å². The molecule has 2 rings (SSSR count). The zero-order valence-corrected chi connectivity index (χ0v) is 16.6. The average molecular weight is 391 g/mol. The number of carbonyl (C=O) groups excluding carboxylic acids is 2. The van der Waals surface area contributed by atoms with Crippen molar-refractivity contribution in [1.82, 2.24) is 15.1 Å². The fourth-order valence-electron chi connectivity index (χ4n) is 3.12. The van der Waals surface area contributed by atoms with Crippen LogP contribution in [0.4, 0.5) is 11.4 Å². The Morgan fingerprint density at radius 1 is 1.11 bits per heavy atom. The van der Waals surface area contributed by atoms with Crippen molar-refractivity contribution >= 4 is 23.2 Å². The molecule has 0 unspecified atom stereocenters. The normalized spacial score (nSPS) is 15.2. The van der Waals surface area contributed by atoms with E-state index in [0.717, 1.165) is 12.8 Å². The number of para-hydroxylation sites is 1. The van der Waals surface area contributed by atoms with Gasteiger partial charge in [-0.05, 0) is 18.9 Å². The van der Waals surface area contributed by atoms with E-state index in [1.54, 1.807) is 19.1 Å². The van der Waals surface area contributed by atoms with Gasteiger partial charge in [-0.3, -0.25) is 29.5 Å². The summed E-state index contributed by atoms with van der Waals surface area (Å²) in [5, 5.41) is 16.7. The Balaban J connectivity index is 1.78. The van der Waals surface area contributed by atoms with Gasteiger partial charge in [0.15, 0.2) is 0 Å². The minimum absolute atomic E-state index is 0.0338. The smallest absolute Gasteiger partial charge is 0.293 e. The van der Waals surface area contributed by atoms with E-state index in [2.05, 4.69) is 22.5 Å². The van der Waals surface area contributed by atoms with Gasteiger partial charge in [-0.25, -0.2) is 0 Å². The average Bonchev–Trinajstić information content (AvgIpc) is 2.65. The molecule has 0 spiro atoms. The maximum Gasteiger partial charge on any atom is 0.293 e. The Bertz CT molecular complexity index is 702. The summed E-state index contributed by atoms with van der Waals surface area (Å²) in [6.45, 7) is 7.82. The Labute approximate surface area is 165 Å². The summed E-state index contributed by atoms with van der Waals surface area (Å²) < 4.78 is 0. The van der Waals surface area contributed by atoms with Gasteiger partial charge in [-0.1, -0.05) is 25.5 Å². The molecular weight excluding hydrogens is 362 g/mol. The van der Waals surface area contributed by atoms with E-state index in [4.69, 9.17) is 0 Å². The molecule has 0 aromatic heterocycles. The number of nitrogens with zero attached hydrogens (tertiary/aromatic N) is 3. The first kappa shape index (κ1) is 21.8. The van der Waals surface area contributed by atoms with Crippen molar-refractivity contribution in [3.63, 3.8) is 0 Å². The van der Waals surface area contributed by atoms with Crippen molar-refractivity contribution in [2.24, 2.45) is 0 Å². The third-order valence-corrected chi connectivity index (χ3v) is 4.76. The fourth-order valence-corrected chi connectivity index (χ4v) is 3.12. The lowest BCUT2D eigenvalue weighted by Gasteiger charge is -2.33. The van der Waals surface area contributed by atoms with Crippen LogP contribution in [0.15, 0.2) is 18.2 Å². The lowest BCUT2D eigenvalue weighted by molar-refractivity contribution is -0.384. The number of rotatable bonds is 9. The first-order valence-electron chi connectivity index (χ1n) is 9.66. The van der Waals surface area contributed by atoms with Gasteiger partial charge in [0.1, 0.15) is 5.69 Å². The number of aryl methyl sites for hydroxylation is 1. The zero-order valence-electron chi connectivity index (χ0n) is 16.6. The molecule has 1 aromatic rings. The van der Waals surface area contributed by atoms with Gasteiger partial charge in [-0.15, -0.1) is 0 Å². The summed E-state index contributed by atoms with van der Waals surface area (Å²) >= 11 is 0. The second-order valence-electron chi connectivity index (χ2n) is 7.03. The van der Waals surface area contributed by atoms with E-state index in [1.807, 2.05) is 4.90 Å². The Hall–Kier alpha value is -2.52. The van der Waals surface area contributed by atoms with Crippen LogP contribution < -0.4 is 10.6 Å². The molecule has 1 heterocycles. The van der Waals surface area contributed by atoms with Crippen LogP contribution in [0.2, 0.25) is 0 Å². The molecule has 1 aliphatic heterocycles. The summed E-state index contributed by atoms with van der Waals surface area (Å²) in [5.41, 5.74) is 0.800. The molecular formula is C19H29N5O4. The highest BCUT2D eigenvalue weighted by atomic mass is 16.6. The second kappa shape index (κ2) is 10.7. The van der Waals surface area contributed by atoms with Gasteiger partial charge in [0.2, 0.25) is 11.8 Å².